The number of ether oxygens (including phenoxy) is 4. The van der Waals surface area contributed by atoms with Crippen LogP contribution in [0.25, 0.3) is 0 Å². The SMILES string of the molecule is COc1ccc2c(c1)C(=O)N1CCC(OCCCCCCCCCCCCOC3CCN4C(=O)c5cc(OC)ccc5N=C[C@H]34)[C@H]1C=N2. The van der Waals surface area contributed by atoms with E-state index in [0.717, 1.165) is 38.9 Å². The van der Waals surface area contributed by atoms with Crippen LogP contribution in [0.5, 0.6) is 11.5 Å². The zero-order valence-electron chi connectivity index (χ0n) is 28.5. The van der Waals surface area contributed by atoms with Crippen molar-refractivity contribution in [2.75, 3.05) is 40.5 Å². The van der Waals surface area contributed by atoms with Crippen LogP contribution in [0.1, 0.15) is 97.8 Å². The molecule has 0 saturated carbocycles. The fraction of sp³-hybridized carbons (Fsp3) is 0.579. The number of methoxy groups -OCH3 is 2. The zero-order valence-corrected chi connectivity index (χ0v) is 28.5. The molecule has 4 aliphatic heterocycles. The van der Waals surface area contributed by atoms with Gasteiger partial charge in [-0.1, -0.05) is 51.4 Å². The Morgan fingerprint density at radius 3 is 1.40 bits per heavy atom. The van der Waals surface area contributed by atoms with E-state index in [1.165, 1.54) is 51.4 Å². The topological polar surface area (TPSA) is 102 Å². The van der Waals surface area contributed by atoms with Gasteiger partial charge in [-0.2, -0.15) is 0 Å². The number of amides is 2. The van der Waals surface area contributed by atoms with Crippen LogP contribution in [-0.2, 0) is 9.47 Å². The quantitative estimate of drug-likeness (QED) is 0.171. The number of benzene rings is 2. The van der Waals surface area contributed by atoms with Crippen molar-refractivity contribution >= 4 is 35.6 Å². The van der Waals surface area contributed by atoms with Crippen LogP contribution < -0.4 is 9.47 Å². The zero-order chi connectivity index (χ0) is 33.3. The number of nitrogens with zero attached hydrogens (tertiary/aromatic N) is 4. The lowest BCUT2D eigenvalue weighted by Gasteiger charge is -2.23. The third kappa shape index (κ3) is 7.92. The summed E-state index contributed by atoms with van der Waals surface area (Å²) in [7, 11) is 3.22. The van der Waals surface area contributed by atoms with Gasteiger partial charge < -0.3 is 28.7 Å². The summed E-state index contributed by atoms with van der Waals surface area (Å²) < 4.78 is 23.1. The Kier molecular flexibility index (Phi) is 11.8. The summed E-state index contributed by atoms with van der Waals surface area (Å²) in [5.74, 6) is 1.34. The fourth-order valence-electron chi connectivity index (χ4n) is 7.33. The minimum atomic E-state index is -0.110. The molecule has 0 aliphatic carbocycles. The number of rotatable bonds is 17. The van der Waals surface area contributed by atoms with Crippen LogP contribution in [0.4, 0.5) is 11.4 Å². The Bertz CT molecular complexity index is 1370. The van der Waals surface area contributed by atoms with Gasteiger partial charge in [-0.3, -0.25) is 19.6 Å². The van der Waals surface area contributed by atoms with Gasteiger partial charge in [0.15, 0.2) is 0 Å². The molecule has 6 rings (SSSR count). The number of carbonyl (C=O) groups is 2. The molecule has 2 saturated heterocycles. The van der Waals surface area contributed by atoms with Gasteiger partial charge in [0.2, 0.25) is 0 Å². The minimum Gasteiger partial charge on any atom is -0.497 e. The van der Waals surface area contributed by atoms with Gasteiger partial charge in [0.1, 0.15) is 11.5 Å². The van der Waals surface area contributed by atoms with Gasteiger partial charge in [0.05, 0.1) is 61.0 Å². The Balaban J connectivity index is 0.777. The van der Waals surface area contributed by atoms with Crippen molar-refractivity contribution in [1.29, 1.82) is 0 Å². The summed E-state index contributed by atoms with van der Waals surface area (Å²) in [6.07, 6.45) is 17.5. The van der Waals surface area contributed by atoms with Crippen molar-refractivity contribution in [3.63, 3.8) is 0 Å². The maximum absolute atomic E-state index is 13.2. The molecule has 0 N–H and O–H groups in total. The highest BCUT2D eigenvalue weighted by atomic mass is 16.5. The van der Waals surface area contributed by atoms with E-state index in [2.05, 4.69) is 9.98 Å². The number of unbranched alkanes of at least 4 members (excludes halogenated alkanes) is 9. The normalized spacial score (nSPS) is 22.6. The standard InChI is InChI=1S/C38H50N4O6/c1-45-27-13-15-31-29(23-27)37(43)41-19-17-35(33(41)25-39-31)47-21-11-9-7-5-3-4-6-8-10-12-22-48-36-18-20-42-34(36)26-40-32-16-14-28(46-2)24-30(32)38(42)44/h13-16,23-26,33-36H,3-12,17-22H2,1-2H3/t33-,34-,35?,36?/m1/s1. The summed E-state index contributed by atoms with van der Waals surface area (Å²) in [6.45, 7) is 2.83. The van der Waals surface area contributed by atoms with Crippen LogP contribution >= 0.6 is 0 Å². The fourth-order valence-corrected chi connectivity index (χ4v) is 7.33. The first-order valence-electron chi connectivity index (χ1n) is 17.9. The summed E-state index contributed by atoms with van der Waals surface area (Å²) in [5, 5.41) is 0. The lowest BCUT2D eigenvalue weighted by molar-refractivity contribution is 0.0403. The summed E-state index contributed by atoms with van der Waals surface area (Å²) in [6, 6.07) is 10.7. The average Bonchev–Trinajstić information content (AvgIpc) is 3.65. The molecular weight excluding hydrogens is 608 g/mol. The second-order valence-corrected chi connectivity index (χ2v) is 13.2. The number of carbonyl (C=O) groups excluding carboxylic acids is 2. The van der Waals surface area contributed by atoms with Crippen LogP contribution in [0.3, 0.4) is 0 Å². The highest BCUT2D eigenvalue weighted by Gasteiger charge is 2.40. The largest absolute Gasteiger partial charge is 0.497 e. The molecule has 4 heterocycles. The molecule has 10 nitrogen and oxygen atoms in total. The predicted molar refractivity (Wildman–Crippen MR) is 187 cm³/mol. The van der Waals surface area contributed by atoms with Crippen molar-refractivity contribution in [1.82, 2.24) is 9.80 Å². The molecule has 0 spiro atoms. The Hall–Kier alpha value is -3.76. The molecule has 2 aromatic carbocycles. The molecule has 2 unspecified atom stereocenters. The Morgan fingerprint density at radius 1 is 0.604 bits per heavy atom. The molecule has 0 bridgehead atoms. The summed E-state index contributed by atoms with van der Waals surface area (Å²) >= 11 is 0. The molecular formula is C38H50N4O6. The Labute approximate surface area is 284 Å². The van der Waals surface area contributed by atoms with Crippen LogP contribution in [-0.4, -0.2) is 98.9 Å². The van der Waals surface area contributed by atoms with E-state index in [-0.39, 0.29) is 36.1 Å². The molecule has 4 aliphatic rings. The molecule has 258 valence electrons. The Morgan fingerprint density at radius 2 is 1.00 bits per heavy atom. The molecule has 2 amide bonds. The van der Waals surface area contributed by atoms with Crippen molar-refractivity contribution in [3.8, 4) is 11.5 Å². The molecule has 0 radical (unpaired) electrons. The molecule has 2 aromatic rings. The molecule has 0 aromatic heterocycles. The van der Waals surface area contributed by atoms with Crippen molar-refractivity contribution in [2.24, 2.45) is 9.98 Å². The van der Waals surface area contributed by atoms with Crippen LogP contribution in [0.15, 0.2) is 46.4 Å². The van der Waals surface area contributed by atoms with E-state index in [1.54, 1.807) is 26.4 Å². The van der Waals surface area contributed by atoms with Crippen LogP contribution in [0, 0.1) is 0 Å². The van der Waals surface area contributed by atoms with Gasteiger partial charge in [-0.25, -0.2) is 0 Å². The third-order valence-corrected chi connectivity index (χ3v) is 10.1. The third-order valence-electron chi connectivity index (χ3n) is 10.1. The van der Waals surface area contributed by atoms with E-state index in [0.29, 0.717) is 47.1 Å². The average molecular weight is 659 g/mol. The van der Waals surface area contributed by atoms with Gasteiger partial charge in [0.25, 0.3) is 11.8 Å². The highest BCUT2D eigenvalue weighted by Crippen LogP contribution is 2.34. The van der Waals surface area contributed by atoms with E-state index in [9.17, 15) is 9.59 Å². The first kappa shape index (κ1) is 34.1. The minimum absolute atomic E-state index is 0.00389. The van der Waals surface area contributed by atoms with E-state index in [4.69, 9.17) is 18.9 Å². The number of hydrogen-bond acceptors (Lipinski definition) is 8. The van der Waals surface area contributed by atoms with E-state index < -0.39 is 0 Å². The monoisotopic (exact) mass is 658 g/mol. The number of hydrogen-bond donors (Lipinski definition) is 0. The number of aliphatic imine (C=N–C) groups is 2. The smallest absolute Gasteiger partial charge is 0.256 e. The second-order valence-electron chi connectivity index (χ2n) is 13.2. The lowest BCUT2D eigenvalue weighted by atomic mass is 10.1. The first-order chi connectivity index (χ1) is 23.6. The van der Waals surface area contributed by atoms with Gasteiger partial charge in [-0.05, 0) is 62.1 Å². The van der Waals surface area contributed by atoms with Crippen LogP contribution in [0.2, 0.25) is 0 Å². The van der Waals surface area contributed by atoms with Gasteiger partial charge >= 0.3 is 0 Å². The van der Waals surface area contributed by atoms with Gasteiger partial charge in [0, 0.05) is 38.7 Å². The predicted octanol–water partition coefficient (Wildman–Crippen LogP) is 6.94. The van der Waals surface area contributed by atoms with E-state index in [1.807, 2.05) is 46.5 Å². The molecule has 10 heteroatoms. The highest BCUT2D eigenvalue weighted by molar-refractivity contribution is 6.04. The maximum Gasteiger partial charge on any atom is 0.256 e. The molecule has 2 fully saturated rings. The number of fused-ring (bicyclic) bond motifs is 4. The summed E-state index contributed by atoms with van der Waals surface area (Å²) in [4.78, 5) is 39.4. The lowest BCUT2D eigenvalue weighted by Crippen LogP contribution is -2.40. The molecule has 4 atom stereocenters. The van der Waals surface area contributed by atoms with Crippen molar-refractivity contribution in [2.45, 2.75) is 101 Å². The van der Waals surface area contributed by atoms with E-state index >= 15 is 0 Å². The first-order valence-corrected chi connectivity index (χ1v) is 17.9. The molecule has 48 heavy (non-hydrogen) atoms. The maximum atomic E-state index is 13.2. The second kappa shape index (κ2) is 16.6. The summed E-state index contributed by atoms with van der Waals surface area (Å²) in [5.41, 5.74) is 2.58. The van der Waals surface area contributed by atoms with Gasteiger partial charge in [-0.15, -0.1) is 0 Å². The van der Waals surface area contributed by atoms with Crippen molar-refractivity contribution in [3.05, 3.63) is 47.5 Å². The van der Waals surface area contributed by atoms with Crippen molar-refractivity contribution < 1.29 is 28.5 Å².